The zero-order valence-electron chi connectivity index (χ0n) is 30.9. The Morgan fingerprint density at radius 2 is 0.807 bits per heavy atom. The number of rotatable bonds is 5. The van der Waals surface area contributed by atoms with Crippen LogP contribution in [0.25, 0.3) is 78.4 Å². The molecule has 11 rings (SSSR count). The fraction of sp³-hybridized carbons (Fsp3) is 0.0185. The van der Waals surface area contributed by atoms with E-state index in [2.05, 4.69) is 188 Å². The highest BCUT2D eigenvalue weighted by Crippen LogP contribution is 2.63. The van der Waals surface area contributed by atoms with Crippen molar-refractivity contribution in [3.05, 3.63) is 228 Å². The Labute approximate surface area is 331 Å². The van der Waals surface area contributed by atoms with Crippen LogP contribution in [0.1, 0.15) is 27.8 Å². The lowest BCUT2D eigenvalue weighted by Crippen LogP contribution is -2.26. The zero-order chi connectivity index (χ0) is 37.9. The molecular weight excluding hydrogens is 691 g/mol. The molecule has 3 nitrogen and oxygen atoms in total. The predicted molar refractivity (Wildman–Crippen MR) is 230 cm³/mol. The number of nitriles is 1. The van der Waals surface area contributed by atoms with Gasteiger partial charge in [-0.15, -0.1) is 0 Å². The van der Waals surface area contributed by atoms with Crippen LogP contribution in [0.5, 0.6) is 0 Å². The van der Waals surface area contributed by atoms with E-state index in [-0.39, 0.29) is 0 Å². The summed E-state index contributed by atoms with van der Waals surface area (Å²) in [6.07, 6.45) is 0. The fourth-order valence-corrected chi connectivity index (χ4v) is 9.20. The van der Waals surface area contributed by atoms with Crippen LogP contribution in [0.15, 0.2) is 200 Å². The number of aromatic nitrogens is 2. The molecule has 1 spiro atoms. The van der Waals surface area contributed by atoms with E-state index in [0.717, 1.165) is 55.9 Å². The molecule has 1 heterocycles. The molecule has 2 aliphatic carbocycles. The lowest BCUT2D eigenvalue weighted by atomic mass is 9.70. The first-order chi connectivity index (χ1) is 28.2. The normalized spacial score (nSPS) is 12.7. The number of benzene rings is 8. The van der Waals surface area contributed by atoms with E-state index in [9.17, 15) is 5.26 Å². The lowest BCUT2D eigenvalue weighted by Gasteiger charge is -2.30. The van der Waals surface area contributed by atoms with Gasteiger partial charge in [0, 0.05) is 16.7 Å². The van der Waals surface area contributed by atoms with E-state index in [1.54, 1.807) is 0 Å². The Kier molecular flexibility index (Phi) is 7.45. The van der Waals surface area contributed by atoms with Gasteiger partial charge in [-0.3, -0.25) is 0 Å². The van der Waals surface area contributed by atoms with Gasteiger partial charge in [0.15, 0.2) is 5.82 Å². The summed E-state index contributed by atoms with van der Waals surface area (Å²) >= 11 is 0. The van der Waals surface area contributed by atoms with Crippen molar-refractivity contribution in [1.82, 2.24) is 9.97 Å². The molecule has 0 N–H and O–H groups in total. The molecule has 0 radical (unpaired) electrons. The Hall–Kier alpha value is -7.67. The maximum absolute atomic E-state index is 10.1. The predicted octanol–water partition coefficient (Wildman–Crippen LogP) is 13.0. The quantitative estimate of drug-likeness (QED) is 0.178. The third-order valence-electron chi connectivity index (χ3n) is 11.7. The number of fused-ring (bicyclic) bond motifs is 10. The summed E-state index contributed by atoms with van der Waals surface area (Å²) in [7, 11) is 0. The van der Waals surface area contributed by atoms with E-state index in [0.29, 0.717) is 11.4 Å². The molecule has 0 atom stereocenters. The summed E-state index contributed by atoms with van der Waals surface area (Å²) in [5.41, 5.74) is 19.2. The van der Waals surface area contributed by atoms with E-state index in [4.69, 9.17) is 9.97 Å². The molecule has 0 saturated heterocycles. The highest BCUT2D eigenvalue weighted by atomic mass is 14.9. The first-order valence-corrected chi connectivity index (χ1v) is 19.3. The average molecular weight is 724 g/mol. The summed E-state index contributed by atoms with van der Waals surface area (Å²) in [4.78, 5) is 10.4. The van der Waals surface area contributed by atoms with Crippen LogP contribution in [0.2, 0.25) is 0 Å². The summed E-state index contributed by atoms with van der Waals surface area (Å²) < 4.78 is 0. The SMILES string of the molecule is N#Cc1ccc2c(c1)C1(c3ccccc3-c3ccccc31)c1cc(-c3cccc(-c4cc(-c5ccccc5)nc(-c5cccc(-c6ccccc6)c5)n4)c3)ccc1-2. The summed E-state index contributed by atoms with van der Waals surface area (Å²) in [6, 6.07) is 73.1. The van der Waals surface area contributed by atoms with Crippen LogP contribution in [0, 0.1) is 11.3 Å². The van der Waals surface area contributed by atoms with Crippen LogP contribution in [0.4, 0.5) is 0 Å². The van der Waals surface area contributed by atoms with Gasteiger partial charge in [-0.1, -0.05) is 164 Å². The van der Waals surface area contributed by atoms with Crippen LogP contribution >= 0.6 is 0 Å². The molecule has 0 aliphatic heterocycles. The van der Waals surface area contributed by atoms with Gasteiger partial charge in [0.2, 0.25) is 0 Å². The molecule has 264 valence electrons. The molecule has 0 saturated carbocycles. The topological polar surface area (TPSA) is 49.6 Å². The molecule has 0 bridgehead atoms. The van der Waals surface area contributed by atoms with Crippen LogP contribution in [-0.2, 0) is 5.41 Å². The highest BCUT2D eigenvalue weighted by molar-refractivity contribution is 5.96. The molecule has 0 unspecified atom stereocenters. The second-order valence-electron chi connectivity index (χ2n) is 14.8. The number of hydrogen-bond acceptors (Lipinski definition) is 3. The maximum Gasteiger partial charge on any atom is 0.160 e. The van der Waals surface area contributed by atoms with E-state index in [1.165, 1.54) is 38.9 Å². The van der Waals surface area contributed by atoms with E-state index in [1.807, 2.05) is 18.2 Å². The van der Waals surface area contributed by atoms with Crippen molar-refractivity contribution in [2.45, 2.75) is 5.41 Å². The Balaban J connectivity index is 1.07. The molecule has 0 fully saturated rings. The molecule has 3 heteroatoms. The van der Waals surface area contributed by atoms with Crippen molar-refractivity contribution in [1.29, 1.82) is 5.26 Å². The molecule has 8 aromatic carbocycles. The van der Waals surface area contributed by atoms with Crippen molar-refractivity contribution < 1.29 is 0 Å². The van der Waals surface area contributed by atoms with Gasteiger partial charge in [-0.2, -0.15) is 5.26 Å². The van der Waals surface area contributed by atoms with Gasteiger partial charge in [0.25, 0.3) is 0 Å². The Morgan fingerprint density at radius 1 is 0.333 bits per heavy atom. The van der Waals surface area contributed by atoms with Gasteiger partial charge in [-0.25, -0.2) is 9.97 Å². The smallest absolute Gasteiger partial charge is 0.160 e. The third kappa shape index (κ3) is 5.12. The number of hydrogen-bond donors (Lipinski definition) is 0. The standard InChI is InChI=1S/C54H33N3/c55-34-35-25-27-45-46-28-26-40(32-50(46)54(49(45)29-35)47-23-9-7-21-43(47)44-22-8-10-24-48(44)54)39-18-11-19-41(30-39)52-33-51(37-15-5-2-6-16-37)56-53(57-52)42-20-12-17-38(31-42)36-13-3-1-4-14-36/h1-33H. The molecule has 1 aromatic heterocycles. The Morgan fingerprint density at radius 3 is 1.49 bits per heavy atom. The second-order valence-corrected chi connectivity index (χ2v) is 14.8. The minimum atomic E-state index is -0.543. The van der Waals surface area contributed by atoms with Gasteiger partial charge in [0.05, 0.1) is 28.4 Å². The van der Waals surface area contributed by atoms with Gasteiger partial charge in [-0.05, 0) is 103 Å². The highest BCUT2D eigenvalue weighted by Gasteiger charge is 2.51. The maximum atomic E-state index is 10.1. The van der Waals surface area contributed by atoms with Crippen molar-refractivity contribution in [2.75, 3.05) is 0 Å². The molecule has 2 aliphatic rings. The van der Waals surface area contributed by atoms with Crippen molar-refractivity contribution in [3.8, 4) is 84.5 Å². The third-order valence-corrected chi connectivity index (χ3v) is 11.7. The van der Waals surface area contributed by atoms with Crippen molar-refractivity contribution in [3.63, 3.8) is 0 Å². The minimum Gasteiger partial charge on any atom is -0.228 e. The average Bonchev–Trinajstić information content (AvgIpc) is 3.76. The summed E-state index contributed by atoms with van der Waals surface area (Å²) in [5, 5.41) is 10.1. The first-order valence-electron chi connectivity index (χ1n) is 19.3. The van der Waals surface area contributed by atoms with E-state index < -0.39 is 5.41 Å². The van der Waals surface area contributed by atoms with Crippen molar-refractivity contribution in [2.24, 2.45) is 0 Å². The molecule has 0 amide bonds. The fourth-order valence-electron chi connectivity index (χ4n) is 9.20. The molecule has 9 aromatic rings. The minimum absolute atomic E-state index is 0.543. The van der Waals surface area contributed by atoms with Crippen LogP contribution in [0.3, 0.4) is 0 Å². The van der Waals surface area contributed by atoms with Crippen LogP contribution < -0.4 is 0 Å². The largest absolute Gasteiger partial charge is 0.228 e. The van der Waals surface area contributed by atoms with Gasteiger partial charge < -0.3 is 0 Å². The Bertz CT molecular complexity index is 3040. The van der Waals surface area contributed by atoms with Crippen molar-refractivity contribution >= 4 is 0 Å². The van der Waals surface area contributed by atoms with Gasteiger partial charge in [0.1, 0.15) is 0 Å². The lowest BCUT2D eigenvalue weighted by molar-refractivity contribution is 0.793. The second kappa shape index (κ2) is 13.0. The van der Waals surface area contributed by atoms with E-state index >= 15 is 0 Å². The van der Waals surface area contributed by atoms with Crippen LogP contribution in [-0.4, -0.2) is 9.97 Å². The summed E-state index contributed by atoms with van der Waals surface area (Å²) in [6.45, 7) is 0. The zero-order valence-corrected chi connectivity index (χ0v) is 30.9. The molecule has 57 heavy (non-hydrogen) atoms. The number of nitrogens with zero attached hydrogens (tertiary/aromatic N) is 3. The molecular formula is C54H33N3. The van der Waals surface area contributed by atoms with Gasteiger partial charge >= 0.3 is 0 Å². The summed E-state index contributed by atoms with van der Waals surface area (Å²) in [5.74, 6) is 0.682. The first kappa shape index (κ1) is 32.7. The monoisotopic (exact) mass is 723 g/mol.